The van der Waals surface area contributed by atoms with Gasteiger partial charge in [-0.25, -0.2) is 0 Å². The van der Waals surface area contributed by atoms with Crippen LogP contribution >= 0.6 is 0 Å². The largest absolute Gasteiger partial charge is 0.337 e. The summed E-state index contributed by atoms with van der Waals surface area (Å²) in [7, 11) is 0. The summed E-state index contributed by atoms with van der Waals surface area (Å²) < 4.78 is 0. The first-order chi connectivity index (χ1) is 9.22. The zero-order valence-electron chi connectivity index (χ0n) is 11.8. The standard InChI is InChI=1S/C15H23N3O/c1-3-18(11-13-6-9-16-10-7-13)15(19)14-12(2)5-4-8-17-14/h6-7,9-10,12,14,17H,3-5,8,11H2,1-2H3. The number of piperidine rings is 1. The number of nitrogens with one attached hydrogen (secondary N) is 1. The summed E-state index contributed by atoms with van der Waals surface area (Å²) in [5.74, 6) is 0.652. The van der Waals surface area contributed by atoms with E-state index in [9.17, 15) is 4.79 Å². The van der Waals surface area contributed by atoms with Crippen LogP contribution in [0.4, 0.5) is 0 Å². The lowest BCUT2D eigenvalue weighted by Crippen LogP contribution is -2.52. The highest BCUT2D eigenvalue weighted by molar-refractivity contribution is 5.82. The Morgan fingerprint density at radius 2 is 2.21 bits per heavy atom. The van der Waals surface area contributed by atoms with Gasteiger partial charge >= 0.3 is 0 Å². The molecule has 4 heteroatoms. The quantitative estimate of drug-likeness (QED) is 0.899. The second kappa shape index (κ2) is 6.66. The van der Waals surface area contributed by atoms with Gasteiger partial charge in [-0.1, -0.05) is 6.92 Å². The smallest absolute Gasteiger partial charge is 0.240 e. The number of aromatic nitrogens is 1. The molecule has 1 aromatic rings. The van der Waals surface area contributed by atoms with Crippen molar-refractivity contribution in [2.45, 2.75) is 39.3 Å². The van der Waals surface area contributed by atoms with Gasteiger partial charge in [-0.2, -0.15) is 0 Å². The van der Waals surface area contributed by atoms with E-state index in [-0.39, 0.29) is 11.9 Å². The molecule has 0 spiro atoms. The summed E-state index contributed by atoms with van der Waals surface area (Å²) in [6, 6.07) is 3.91. The molecule has 1 aromatic heterocycles. The minimum absolute atomic E-state index is 0.0180. The summed E-state index contributed by atoms with van der Waals surface area (Å²) in [5.41, 5.74) is 1.13. The number of carbonyl (C=O) groups excluding carboxylic acids is 1. The molecule has 0 saturated carbocycles. The van der Waals surface area contributed by atoms with Gasteiger partial charge in [0.25, 0.3) is 0 Å². The Morgan fingerprint density at radius 3 is 2.84 bits per heavy atom. The number of pyridine rings is 1. The van der Waals surface area contributed by atoms with Crippen molar-refractivity contribution >= 4 is 5.91 Å². The monoisotopic (exact) mass is 261 g/mol. The fourth-order valence-electron chi connectivity index (χ4n) is 2.63. The van der Waals surface area contributed by atoms with Crippen LogP contribution in [0.25, 0.3) is 0 Å². The Labute approximate surface area is 115 Å². The molecule has 1 N–H and O–H groups in total. The van der Waals surface area contributed by atoms with Gasteiger partial charge in [0.15, 0.2) is 0 Å². The van der Waals surface area contributed by atoms with Crippen molar-refractivity contribution in [3.8, 4) is 0 Å². The molecular weight excluding hydrogens is 238 g/mol. The van der Waals surface area contributed by atoms with Crippen LogP contribution in [0.5, 0.6) is 0 Å². The maximum atomic E-state index is 12.6. The van der Waals surface area contributed by atoms with Gasteiger partial charge in [0.05, 0.1) is 6.04 Å². The molecule has 1 aliphatic rings. The molecule has 0 aliphatic carbocycles. The second-order valence-corrected chi connectivity index (χ2v) is 5.26. The molecule has 19 heavy (non-hydrogen) atoms. The Bertz CT molecular complexity index is 407. The average Bonchev–Trinajstić information content (AvgIpc) is 2.46. The normalized spacial score (nSPS) is 23.1. The number of hydrogen-bond donors (Lipinski definition) is 1. The van der Waals surface area contributed by atoms with E-state index < -0.39 is 0 Å². The fraction of sp³-hybridized carbons (Fsp3) is 0.600. The maximum absolute atomic E-state index is 12.6. The molecule has 1 aliphatic heterocycles. The summed E-state index contributed by atoms with van der Waals surface area (Å²) in [6.07, 6.45) is 5.85. The van der Waals surface area contributed by atoms with Crippen LogP contribution in [0, 0.1) is 5.92 Å². The molecule has 104 valence electrons. The third-order valence-electron chi connectivity index (χ3n) is 3.85. The lowest BCUT2D eigenvalue weighted by Gasteiger charge is -2.33. The lowest BCUT2D eigenvalue weighted by atomic mass is 9.91. The fourth-order valence-corrected chi connectivity index (χ4v) is 2.63. The van der Waals surface area contributed by atoms with Crippen LogP contribution in [-0.4, -0.2) is 34.9 Å². The number of hydrogen-bond acceptors (Lipinski definition) is 3. The SMILES string of the molecule is CCN(Cc1ccncc1)C(=O)C1NCCCC1C. The van der Waals surface area contributed by atoms with E-state index in [1.54, 1.807) is 12.4 Å². The Hall–Kier alpha value is -1.42. The summed E-state index contributed by atoms with van der Waals surface area (Å²) in [6.45, 7) is 6.56. The van der Waals surface area contributed by atoms with Crippen LogP contribution in [0.1, 0.15) is 32.3 Å². The zero-order valence-corrected chi connectivity index (χ0v) is 11.8. The molecule has 2 rings (SSSR count). The molecular formula is C15H23N3O. The number of carbonyl (C=O) groups is 1. The molecule has 1 amide bonds. The molecule has 0 aromatic carbocycles. The molecule has 1 fully saturated rings. The summed E-state index contributed by atoms with van der Waals surface area (Å²) >= 11 is 0. The number of nitrogens with zero attached hydrogens (tertiary/aromatic N) is 2. The number of amides is 1. The van der Waals surface area contributed by atoms with E-state index in [1.807, 2.05) is 24.0 Å². The van der Waals surface area contributed by atoms with Gasteiger partial charge in [0.2, 0.25) is 5.91 Å². The first-order valence-corrected chi connectivity index (χ1v) is 7.13. The average molecular weight is 261 g/mol. The molecule has 1 saturated heterocycles. The van der Waals surface area contributed by atoms with Crippen molar-refractivity contribution in [1.29, 1.82) is 0 Å². The molecule has 0 radical (unpaired) electrons. The van der Waals surface area contributed by atoms with Crippen LogP contribution in [-0.2, 0) is 11.3 Å². The van der Waals surface area contributed by atoms with Gasteiger partial charge < -0.3 is 10.2 Å². The van der Waals surface area contributed by atoms with Gasteiger partial charge in [-0.05, 0) is 49.9 Å². The first kappa shape index (κ1) is 14.0. The zero-order chi connectivity index (χ0) is 13.7. The lowest BCUT2D eigenvalue weighted by molar-refractivity contribution is -0.135. The Balaban J connectivity index is 2.02. The predicted molar refractivity (Wildman–Crippen MR) is 75.5 cm³/mol. The predicted octanol–water partition coefficient (Wildman–Crippen LogP) is 1.82. The van der Waals surface area contributed by atoms with Crippen LogP contribution in [0.3, 0.4) is 0 Å². The number of likely N-dealkylation sites (N-methyl/N-ethyl adjacent to an activating group) is 1. The molecule has 2 heterocycles. The van der Waals surface area contributed by atoms with Gasteiger partial charge in [0.1, 0.15) is 0 Å². The van der Waals surface area contributed by atoms with Gasteiger partial charge in [0, 0.05) is 25.5 Å². The third kappa shape index (κ3) is 3.53. The van der Waals surface area contributed by atoms with Crippen molar-refractivity contribution in [1.82, 2.24) is 15.2 Å². The minimum Gasteiger partial charge on any atom is -0.337 e. The van der Waals surface area contributed by atoms with Crippen molar-refractivity contribution in [2.75, 3.05) is 13.1 Å². The third-order valence-corrected chi connectivity index (χ3v) is 3.85. The minimum atomic E-state index is -0.0180. The van der Waals surface area contributed by atoms with Gasteiger partial charge in [-0.15, -0.1) is 0 Å². The van der Waals surface area contributed by atoms with Crippen molar-refractivity contribution in [3.05, 3.63) is 30.1 Å². The Morgan fingerprint density at radius 1 is 1.47 bits per heavy atom. The van der Waals surface area contributed by atoms with Crippen LogP contribution < -0.4 is 5.32 Å². The van der Waals surface area contributed by atoms with Crippen LogP contribution in [0.2, 0.25) is 0 Å². The number of rotatable bonds is 4. The Kier molecular flexibility index (Phi) is 4.91. The maximum Gasteiger partial charge on any atom is 0.240 e. The van der Waals surface area contributed by atoms with E-state index in [4.69, 9.17) is 0 Å². The molecule has 4 nitrogen and oxygen atoms in total. The first-order valence-electron chi connectivity index (χ1n) is 7.13. The molecule has 2 unspecified atom stereocenters. The van der Waals surface area contributed by atoms with E-state index in [0.29, 0.717) is 12.5 Å². The van der Waals surface area contributed by atoms with E-state index >= 15 is 0 Å². The van der Waals surface area contributed by atoms with Gasteiger partial charge in [-0.3, -0.25) is 9.78 Å². The van der Waals surface area contributed by atoms with Crippen molar-refractivity contribution in [3.63, 3.8) is 0 Å². The van der Waals surface area contributed by atoms with Crippen molar-refractivity contribution < 1.29 is 4.79 Å². The summed E-state index contributed by atoms with van der Waals surface area (Å²) in [4.78, 5) is 18.5. The molecule has 0 bridgehead atoms. The highest BCUT2D eigenvalue weighted by atomic mass is 16.2. The van der Waals surface area contributed by atoms with E-state index in [2.05, 4.69) is 17.2 Å². The summed E-state index contributed by atoms with van der Waals surface area (Å²) in [5, 5.41) is 3.37. The van der Waals surface area contributed by atoms with E-state index in [0.717, 1.165) is 25.1 Å². The highest BCUT2D eigenvalue weighted by Gasteiger charge is 2.30. The van der Waals surface area contributed by atoms with Crippen LogP contribution in [0.15, 0.2) is 24.5 Å². The van der Waals surface area contributed by atoms with Crippen molar-refractivity contribution in [2.24, 2.45) is 5.92 Å². The highest BCUT2D eigenvalue weighted by Crippen LogP contribution is 2.18. The molecule has 2 atom stereocenters. The second-order valence-electron chi connectivity index (χ2n) is 5.26. The topological polar surface area (TPSA) is 45.2 Å². The van der Waals surface area contributed by atoms with E-state index in [1.165, 1.54) is 6.42 Å².